The second kappa shape index (κ2) is 6.88. The molecule has 4 N–H and O–H groups in total. The Kier molecular flexibility index (Phi) is 5.16. The van der Waals surface area contributed by atoms with E-state index in [-0.39, 0.29) is 6.03 Å². The summed E-state index contributed by atoms with van der Waals surface area (Å²) >= 11 is 1.35. The van der Waals surface area contributed by atoms with Gasteiger partial charge in [-0.1, -0.05) is 0 Å². The van der Waals surface area contributed by atoms with Gasteiger partial charge < -0.3 is 20.7 Å². The average Bonchev–Trinajstić information content (AvgIpc) is 2.75. The van der Waals surface area contributed by atoms with Gasteiger partial charge in [-0.3, -0.25) is 10.1 Å². The van der Waals surface area contributed by atoms with E-state index in [1.807, 2.05) is 19.0 Å². The Bertz CT molecular complexity index is 542. The van der Waals surface area contributed by atoms with Crippen molar-refractivity contribution in [1.82, 2.24) is 10.2 Å². The fraction of sp³-hybridized carbons (Fsp3) is 0.538. The summed E-state index contributed by atoms with van der Waals surface area (Å²) in [6.07, 6.45) is 0.647. The van der Waals surface area contributed by atoms with Gasteiger partial charge in [-0.25, -0.2) is 4.79 Å². The third-order valence-corrected chi connectivity index (χ3v) is 4.26. The first-order valence-corrected chi connectivity index (χ1v) is 7.52. The van der Waals surface area contributed by atoms with E-state index in [0.717, 1.165) is 17.0 Å². The number of anilines is 1. The normalized spacial score (nSPS) is 13.9. The highest BCUT2D eigenvalue weighted by Gasteiger charge is 2.25. The maximum Gasteiger partial charge on any atom is 0.319 e. The third-order valence-electron chi connectivity index (χ3n) is 3.14. The van der Waals surface area contributed by atoms with Crippen LogP contribution in [0.3, 0.4) is 0 Å². The van der Waals surface area contributed by atoms with Crippen molar-refractivity contribution in [3.05, 3.63) is 16.0 Å². The van der Waals surface area contributed by atoms with Crippen LogP contribution in [-0.4, -0.2) is 50.6 Å². The number of carbonyl (C=O) groups is 2. The van der Waals surface area contributed by atoms with Gasteiger partial charge in [0.15, 0.2) is 0 Å². The molecule has 7 nitrogen and oxygen atoms in total. The summed E-state index contributed by atoms with van der Waals surface area (Å²) in [7, 11) is 3.86. The fourth-order valence-electron chi connectivity index (χ4n) is 2.12. The minimum atomic E-state index is -0.516. The molecule has 1 aromatic rings. The number of nitrogens with one attached hydrogen (secondary N) is 2. The molecule has 2 rings (SSSR count). The van der Waals surface area contributed by atoms with Gasteiger partial charge in [0.05, 0.1) is 18.8 Å². The average molecular weight is 312 g/mol. The van der Waals surface area contributed by atoms with E-state index < -0.39 is 5.91 Å². The van der Waals surface area contributed by atoms with Gasteiger partial charge in [0.2, 0.25) is 0 Å². The second-order valence-corrected chi connectivity index (χ2v) is 6.16. The molecule has 0 aliphatic carbocycles. The number of rotatable bonds is 5. The number of primary amides is 1. The van der Waals surface area contributed by atoms with Crippen LogP contribution in [0, 0.1) is 0 Å². The largest absolute Gasteiger partial charge is 0.376 e. The lowest BCUT2D eigenvalue weighted by Gasteiger charge is -2.12. The van der Waals surface area contributed by atoms with Crippen molar-refractivity contribution in [2.45, 2.75) is 13.0 Å². The number of carbonyl (C=O) groups excluding carboxylic acids is 2. The van der Waals surface area contributed by atoms with E-state index >= 15 is 0 Å². The number of thiophene rings is 1. The topological polar surface area (TPSA) is 96.7 Å². The van der Waals surface area contributed by atoms with Crippen LogP contribution in [0.5, 0.6) is 0 Å². The quantitative estimate of drug-likeness (QED) is 0.742. The highest BCUT2D eigenvalue weighted by Crippen LogP contribution is 2.36. The number of fused-ring (bicyclic) bond motifs is 1. The van der Waals surface area contributed by atoms with Crippen LogP contribution >= 0.6 is 11.3 Å². The Morgan fingerprint density at radius 2 is 2.19 bits per heavy atom. The van der Waals surface area contributed by atoms with Gasteiger partial charge in [0.1, 0.15) is 5.00 Å². The summed E-state index contributed by atoms with van der Waals surface area (Å²) in [4.78, 5) is 26.4. The summed E-state index contributed by atoms with van der Waals surface area (Å²) in [5.41, 5.74) is 6.77. The SMILES string of the molecule is CN(C)CCNC(=O)Nc1sc2c(c1C(N)=O)CCOC2. The lowest BCUT2D eigenvalue weighted by Crippen LogP contribution is -2.34. The van der Waals surface area contributed by atoms with Crippen molar-refractivity contribution in [2.75, 3.05) is 39.1 Å². The molecule has 8 heteroatoms. The molecule has 0 bridgehead atoms. The van der Waals surface area contributed by atoms with Crippen LogP contribution in [0.15, 0.2) is 0 Å². The molecule has 2 heterocycles. The smallest absolute Gasteiger partial charge is 0.319 e. The summed E-state index contributed by atoms with van der Waals surface area (Å²) in [6, 6.07) is -0.334. The number of nitrogens with zero attached hydrogens (tertiary/aromatic N) is 1. The van der Waals surface area contributed by atoms with Crippen molar-refractivity contribution < 1.29 is 14.3 Å². The van der Waals surface area contributed by atoms with Gasteiger partial charge in [-0.15, -0.1) is 11.3 Å². The molecule has 1 aromatic heterocycles. The van der Waals surface area contributed by atoms with Crippen LogP contribution < -0.4 is 16.4 Å². The van der Waals surface area contributed by atoms with Gasteiger partial charge in [0.25, 0.3) is 5.91 Å². The Hall–Kier alpha value is -1.64. The van der Waals surface area contributed by atoms with Crippen molar-refractivity contribution in [1.29, 1.82) is 0 Å². The van der Waals surface area contributed by atoms with Gasteiger partial charge in [0, 0.05) is 18.0 Å². The number of hydrogen-bond donors (Lipinski definition) is 3. The number of hydrogen-bond acceptors (Lipinski definition) is 5. The lowest BCUT2D eigenvalue weighted by molar-refractivity contribution is 0.0991. The molecule has 0 unspecified atom stereocenters. The fourth-order valence-corrected chi connectivity index (χ4v) is 3.31. The molecule has 0 spiro atoms. The van der Waals surface area contributed by atoms with Crippen molar-refractivity contribution in [3.8, 4) is 0 Å². The third kappa shape index (κ3) is 3.93. The Balaban J connectivity index is 2.07. The van der Waals surface area contributed by atoms with Crippen LogP contribution in [0.2, 0.25) is 0 Å². The molecule has 0 radical (unpaired) electrons. The zero-order valence-corrected chi connectivity index (χ0v) is 13.0. The van der Waals surface area contributed by atoms with Gasteiger partial charge >= 0.3 is 6.03 Å². The van der Waals surface area contributed by atoms with E-state index in [9.17, 15) is 9.59 Å². The highest BCUT2D eigenvalue weighted by molar-refractivity contribution is 7.17. The maximum absolute atomic E-state index is 11.9. The number of ether oxygens (including phenoxy) is 1. The Morgan fingerprint density at radius 1 is 1.43 bits per heavy atom. The molecule has 0 aromatic carbocycles. The van der Waals surface area contributed by atoms with Crippen LogP contribution in [-0.2, 0) is 17.8 Å². The van der Waals surface area contributed by atoms with Crippen molar-refractivity contribution in [2.24, 2.45) is 5.73 Å². The minimum Gasteiger partial charge on any atom is -0.376 e. The molecule has 21 heavy (non-hydrogen) atoms. The van der Waals surface area contributed by atoms with E-state index in [4.69, 9.17) is 10.5 Å². The second-order valence-electron chi connectivity index (χ2n) is 5.06. The molecule has 3 amide bonds. The standard InChI is InChI=1S/C13H20N4O3S/c1-17(2)5-4-15-13(19)16-12-10(11(14)18)8-3-6-20-7-9(8)21-12/h3-7H2,1-2H3,(H2,14,18)(H2,15,16,19). The van der Waals surface area contributed by atoms with E-state index in [0.29, 0.717) is 36.7 Å². The first-order chi connectivity index (χ1) is 9.99. The summed E-state index contributed by atoms with van der Waals surface area (Å²) in [5, 5.41) is 5.96. The highest BCUT2D eigenvalue weighted by atomic mass is 32.1. The van der Waals surface area contributed by atoms with E-state index in [1.165, 1.54) is 11.3 Å². The minimum absolute atomic E-state index is 0.334. The van der Waals surface area contributed by atoms with Crippen LogP contribution in [0.25, 0.3) is 0 Å². The first-order valence-electron chi connectivity index (χ1n) is 6.70. The summed E-state index contributed by atoms with van der Waals surface area (Å²) < 4.78 is 5.36. The predicted octanol–water partition coefficient (Wildman–Crippen LogP) is 0.603. The molecule has 1 aliphatic rings. The number of urea groups is 1. The Morgan fingerprint density at radius 3 is 2.86 bits per heavy atom. The predicted molar refractivity (Wildman–Crippen MR) is 81.8 cm³/mol. The molecule has 0 atom stereocenters. The zero-order chi connectivity index (χ0) is 15.4. The van der Waals surface area contributed by atoms with E-state index in [2.05, 4.69) is 10.6 Å². The summed E-state index contributed by atoms with van der Waals surface area (Å²) in [5.74, 6) is -0.516. The molecule has 0 saturated carbocycles. The zero-order valence-electron chi connectivity index (χ0n) is 12.2. The van der Waals surface area contributed by atoms with E-state index in [1.54, 1.807) is 0 Å². The Labute approximate surface area is 127 Å². The maximum atomic E-state index is 11.9. The van der Waals surface area contributed by atoms with Gasteiger partial charge in [-0.2, -0.15) is 0 Å². The van der Waals surface area contributed by atoms with Crippen molar-refractivity contribution in [3.63, 3.8) is 0 Å². The molecule has 116 valence electrons. The van der Waals surface area contributed by atoms with Gasteiger partial charge in [-0.05, 0) is 26.1 Å². The van der Waals surface area contributed by atoms with Crippen molar-refractivity contribution >= 4 is 28.3 Å². The molecule has 0 fully saturated rings. The van der Waals surface area contributed by atoms with Crippen LogP contribution in [0.4, 0.5) is 9.80 Å². The number of amides is 3. The molecular weight excluding hydrogens is 292 g/mol. The molecule has 0 saturated heterocycles. The monoisotopic (exact) mass is 312 g/mol. The first kappa shape index (κ1) is 15.7. The van der Waals surface area contributed by atoms with Crippen LogP contribution in [0.1, 0.15) is 20.8 Å². The number of likely N-dealkylation sites (N-methyl/N-ethyl adjacent to an activating group) is 1. The molecular formula is C13H20N4O3S. The molecule has 1 aliphatic heterocycles. The number of nitrogens with two attached hydrogens (primary N) is 1. The lowest BCUT2D eigenvalue weighted by atomic mass is 10.1. The summed E-state index contributed by atoms with van der Waals surface area (Å²) in [6.45, 7) is 2.30.